The predicted molar refractivity (Wildman–Crippen MR) is 125 cm³/mol. The Morgan fingerprint density at radius 1 is 1.03 bits per heavy atom. The van der Waals surface area contributed by atoms with Crippen LogP contribution in [0.4, 0.5) is 13.2 Å². The van der Waals surface area contributed by atoms with Crippen LogP contribution in [-0.4, -0.2) is 33.9 Å². The molecule has 1 fully saturated rings. The van der Waals surface area contributed by atoms with E-state index in [1.54, 1.807) is 25.1 Å². The second-order valence-corrected chi connectivity index (χ2v) is 8.42. The van der Waals surface area contributed by atoms with E-state index in [1.807, 2.05) is 0 Å². The van der Waals surface area contributed by atoms with E-state index in [0.29, 0.717) is 5.56 Å². The topological polar surface area (TPSA) is 87.1 Å². The molecule has 9 heteroatoms. The van der Waals surface area contributed by atoms with Crippen molar-refractivity contribution in [3.05, 3.63) is 100 Å². The summed E-state index contributed by atoms with van der Waals surface area (Å²) < 4.78 is 45.1. The summed E-state index contributed by atoms with van der Waals surface area (Å²) in [4.78, 5) is 27.5. The Morgan fingerprint density at radius 3 is 2.36 bits per heavy atom. The van der Waals surface area contributed by atoms with Gasteiger partial charge in [0.1, 0.15) is 17.3 Å². The van der Waals surface area contributed by atoms with Gasteiger partial charge in [0.15, 0.2) is 0 Å². The fraction of sp³-hybridized carbons (Fsp3) is 0.185. The standard InChI is InChI=1S/C27H22F3NO5/c1-15-6-11-21(36-2)20(12-15)24(33)22-23(17-7-9-19(32)10-8-17)31(26(35)25(22)34)14-16-4-3-5-18(13-16)27(28,29)30/h3-13,23,32-33H,14H2,1-2H3/b24-22+. The monoisotopic (exact) mass is 497 g/mol. The van der Waals surface area contributed by atoms with E-state index in [1.165, 1.54) is 43.5 Å². The summed E-state index contributed by atoms with van der Waals surface area (Å²) >= 11 is 0. The van der Waals surface area contributed by atoms with Gasteiger partial charge in [-0.25, -0.2) is 0 Å². The van der Waals surface area contributed by atoms with E-state index in [4.69, 9.17) is 4.74 Å². The molecule has 36 heavy (non-hydrogen) atoms. The number of nitrogens with zero attached hydrogens (tertiary/aromatic N) is 1. The number of hydrogen-bond acceptors (Lipinski definition) is 5. The SMILES string of the molecule is COc1ccc(C)cc1/C(O)=C1\C(=O)C(=O)N(Cc2cccc(C(F)(F)F)c2)C1c1ccc(O)cc1. The first kappa shape index (κ1) is 24.8. The molecular weight excluding hydrogens is 475 g/mol. The van der Waals surface area contributed by atoms with Gasteiger partial charge in [0.05, 0.1) is 29.9 Å². The van der Waals surface area contributed by atoms with E-state index in [9.17, 15) is 33.0 Å². The van der Waals surface area contributed by atoms with Crippen LogP contribution >= 0.6 is 0 Å². The lowest BCUT2D eigenvalue weighted by atomic mass is 9.94. The van der Waals surface area contributed by atoms with Crippen LogP contribution in [0.1, 0.15) is 33.9 Å². The molecule has 1 aliphatic rings. The van der Waals surface area contributed by atoms with Crippen LogP contribution in [0.5, 0.6) is 11.5 Å². The maximum Gasteiger partial charge on any atom is 0.416 e. The number of benzene rings is 3. The lowest BCUT2D eigenvalue weighted by Gasteiger charge is -2.26. The quantitative estimate of drug-likeness (QED) is 0.282. The number of carbonyl (C=O) groups excluding carboxylic acids is 2. The van der Waals surface area contributed by atoms with Crippen molar-refractivity contribution in [3.63, 3.8) is 0 Å². The molecule has 0 spiro atoms. The maximum atomic E-state index is 13.2. The fourth-order valence-electron chi connectivity index (χ4n) is 4.24. The molecule has 1 atom stereocenters. The number of aromatic hydroxyl groups is 1. The number of likely N-dealkylation sites (tertiary alicyclic amines) is 1. The Hall–Kier alpha value is -4.27. The number of hydrogen-bond donors (Lipinski definition) is 2. The molecule has 1 unspecified atom stereocenters. The number of alkyl halides is 3. The van der Waals surface area contributed by atoms with Gasteiger partial charge in [-0.05, 0) is 54.4 Å². The first-order valence-electron chi connectivity index (χ1n) is 10.9. The smallest absolute Gasteiger partial charge is 0.416 e. The number of Topliss-reactive ketones (excluding diaryl/α,β-unsaturated/α-hetero) is 1. The first-order valence-corrected chi connectivity index (χ1v) is 10.9. The Bertz CT molecular complexity index is 1360. The van der Waals surface area contributed by atoms with Crippen molar-refractivity contribution in [1.82, 2.24) is 4.90 Å². The number of amides is 1. The highest BCUT2D eigenvalue weighted by Gasteiger charge is 2.46. The van der Waals surface area contributed by atoms with Crippen molar-refractivity contribution in [2.45, 2.75) is 25.7 Å². The average Bonchev–Trinajstić information content (AvgIpc) is 3.08. The molecule has 1 aliphatic heterocycles. The van der Waals surface area contributed by atoms with Gasteiger partial charge in [0, 0.05) is 6.54 Å². The zero-order valence-corrected chi connectivity index (χ0v) is 19.3. The molecular formula is C27H22F3NO5. The largest absolute Gasteiger partial charge is 0.508 e. The molecule has 3 aromatic carbocycles. The minimum atomic E-state index is -4.58. The Morgan fingerprint density at radius 2 is 1.72 bits per heavy atom. The summed E-state index contributed by atoms with van der Waals surface area (Å²) in [7, 11) is 1.39. The van der Waals surface area contributed by atoms with E-state index in [0.717, 1.165) is 22.6 Å². The van der Waals surface area contributed by atoms with Crippen molar-refractivity contribution >= 4 is 17.4 Å². The molecule has 1 heterocycles. The summed E-state index contributed by atoms with van der Waals surface area (Å²) in [5, 5.41) is 21.0. The van der Waals surface area contributed by atoms with Crippen LogP contribution in [0.25, 0.3) is 5.76 Å². The molecule has 186 valence electrons. The van der Waals surface area contributed by atoms with Crippen LogP contribution in [0.2, 0.25) is 0 Å². The van der Waals surface area contributed by atoms with E-state index in [2.05, 4.69) is 0 Å². The van der Waals surface area contributed by atoms with Crippen LogP contribution in [0.15, 0.2) is 72.3 Å². The van der Waals surface area contributed by atoms with Crippen molar-refractivity contribution < 1.29 is 37.7 Å². The number of ether oxygens (including phenoxy) is 1. The lowest BCUT2D eigenvalue weighted by molar-refractivity contribution is -0.140. The Kier molecular flexibility index (Phi) is 6.49. The van der Waals surface area contributed by atoms with Crippen molar-refractivity contribution in [1.29, 1.82) is 0 Å². The summed E-state index contributed by atoms with van der Waals surface area (Å²) in [6, 6.07) is 14.0. The van der Waals surface area contributed by atoms with Crippen molar-refractivity contribution in [3.8, 4) is 11.5 Å². The molecule has 0 saturated carbocycles. The Balaban J connectivity index is 1.88. The van der Waals surface area contributed by atoms with Crippen LogP contribution in [0.3, 0.4) is 0 Å². The zero-order valence-electron chi connectivity index (χ0n) is 19.3. The van der Waals surface area contributed by atoms with Crippen molar-refractivity contribution in [2.24, 2.45) is 0 Å². The lowest BCUT2D eigenvalue weighted by Crippen LogP contribution is -2.29. The molecule has 0 bridgehead atoms. The summed E-state index contributed by atoms with van der Waals surface area (Å²) in [6.07, 6.45) is -4.58. The van der Waals surface area contributed by atoms with Crippen LogP contribution in [-0.2, 0) is 22.3 Å². The summed E-state index contributed by atoms with van der Waals surface area (Å²) in [5.41, 5.74) is 0.370. The van der Waals surface area contributed by atoms with Crippen LogP contribution < -0.4 is 4.74 Å². The molecule has 0 aromatic heterocycles. The number of methoxy groups -OCH3 is 1. The average molecular weight is 497 g/mol. The molecule has 4 rings (SSSR count). The van der Waals surface area contributed by atoms with E-state index >= 15 is 0 Å². The third-order valence-electron chi connectivity index (χ3n) is 5.97. The molecule has 2 N–H and O–H groups in total. The third-order valence-corrected chi connectivity index (χ3v) is 5.97. The number of aliphatic hydroxyl groups excluding tert-OH is 1. The highest BCUT2D eigenvalue weighted by atomic mass is 19.4. The molecule has 0 radical (unpaired) electrons. The number of phenols is 1. The number of aryl methyl sites for hydroxylation is 1. The molecule has 0 aliphatic carbocycles. The summed E-state index contributed by atoms with van der Waals surface area (Å²) in [6.45, 7) is 1.46. The van der Waals surface area contributed by atoms with Gasteiger partial charge in [-0.3, -0.25) is 9.59 Å². The Labute approximate surface area is 204 Å². The highest BCUT2D eigenvalue weighted by molar-refractivity contribution is 6.46. The van der Waals surface area contributed by atoms with Crippen molar-refractivity contribution in [2.75, 3.05) is 7.11 Å². The van der Waals surface area contributed by atoms with Gasteiger partial charge < -0.3 is 19.8 Å². The van der Waals surface area contributed by atoms with Gasteiger partial charge in [-0.15, -0.1) is 0 Å². The number of rotatable bonds is 5. The maximum absolute atomic E-state index is 13.2. The van der Waals surface area contributed by atoms with Crippen LogP contribution in [0, 0.1) is 6.92 Å². The minimum Gasteiger partial charge on any atom is -0.508 e. The van der Waals surface area contributed by atoms with E-state index in [-0.39, 0.29) is 34.7 Å². The first-order chi connectivity index (χ1) is 17.0. The third kappa shape index (κ3) is 4.64. The second-order valence-electron chi connectivity index (χ2n) is 8.42. The molecule has 6 nitrogen and oxygen atoms in total. The molecule has 1 saturated heterocycles. The van der Waals surface area contributed by atoms with Gasteiger partial charge in [0.25, 0.3) is 11.7 Å². The number of aliphatic hydroxyl groups is 1. The number of carbonyl (C=O) groups is 2. The second kappa shape index (κ2) is 9.41. The normalized spacial score (nSPS) is 17.5. The van der Waals surface area contributed by atoms with Gasteiger partial charge >= 0.3 is 6.18 Å². The number of halogens is 3. The predicted octanol–water partition coefficient (Wildman–Crippen LogP) is 5.35. The summed E-state index contributed by atoms with van der Waals surface area (Å²) in [5.74, 6) is -2.22. The molecule has 1 amide bonds. The van der Waals surface area contributed by atoms with Gasteiger partial charge in [-0.1, -0.05) is 35.9 Å². The van der Waals surface area contributed by atoms with E-state index < -0.39 is 35.2 Å². The highest BCUT2D eigenvalue weighted by Crippen LogP contribution is 2.42. The zero-order chi connectivity index (χ0) is 26.2. The van der Waals surface area contributed by atoms with Gasteiger partial charge in [-0.2, -0.15) is 13.2 Å². The van der Waals surface area contributed by atoms with Gasteiger partial charge in [0.2, 0.25) is 0 Å². The number of ketones is 1. The number of phenolic OH excluding ortho intramolecular Hbond substituents is 1. The molecule has 3 aromatic rings. The fourth-order valence-corrected chi connectivity index (χ4v) is 4.24. The minimum absolute atomic E-state index is 0.0612.